The van der Waals surface area contributed by atoms with Crippen molar-refractivity contribution in [2.45, 2.75) is 33.2 Å². The lowest BCUT2D eigenvalue weighted by molar-refractivity contribution is -0.384. The summed E-state index contributed by atoms with van der Waals surface area (Å²) in [4.78, 5) is 29.0. The van der Waals surface area contributed by atoms with E-state index in [9.17, 15) is 19.3 Å². The van der Waals surface area contributed by atoms with Crippen LogP contribution in [0.4, 0.5) is 10.1 Å². The molecule has 1 aromatic heterocycles. The lowest BCUT2D eigenvalue weighted by Crippen LogP contribution is -2.17. The van der Waals surface area contributed by atoms with E-state index in [-0.39, 0.29) is 22.1 Å². The van der Waals surface area contributed by atoms with E-state index < -0.39 is 10.8 Å². The van der Waals surface area contributed by atoms with Crippen LogP contribution in [0.25, 0.3) is 11.3 Å². The SMILES string of the molecule is CCCc1sc(=NC(=O)c2cc([N+](=O)[O-])ccc2Cl)n(CC)c1-c1ccc(F)cc1. The van der Waals surface area contributed by atoms with Crippen molar-refractivity contribution >= 4 is 34.5 Å². The van der Waals surface area contributed by atoms with Gasteiger partial charge in [0, 0.05) is 23.6 Å². The largest absolute Gasteiger partial charge is 0.316 e. The quantitative estimate of drug-likeness (QED) is 0.363. The van der Waals surface area contributed by atoms with Gasteiger partial charge in [-0.2, -0.15) is 4.99 Å². The van der Waals surface area contributed by atoms with Crippen molar-refractivity contribution < 1.29 is 14.1 Å². The highest BCUT2D eigenvalue weighted by Crippen LogP contribution is 2.28. The fraction of sp³-hybridized carbons (Fsp3) is 0.238. The van der Waals surface area contributed by atoms with Gasteiger partial charge < -0.3 is 4.57 Å². The highest BCUT2D eigenvalue weighted by Gasteiger charge is 2.18. The number of carbonyl (C=O) groups excluding carboxylic acids is 1. The molecule has 6 nitrogen and oxygen atoms in total. The van der Waals surface area contributed by atoms with Gasteiger partial charge >= 0.3 is 0 Å². The monoisotopic (exact) mass is 447 g/mol. The number of carbonyl (C=O) groups is 1. The number of aromatic nitrogens is 1. The van der Waals surface area contributed by atoms with Crippen LogP contribution in [0.5, 0.6) is 0 Å². The van der Waals surface area contributed by atoms with Gasteiger partial charge in [0.05, 0.1) is 21.2 Å². The van der Waals surface area contributed by atoms with Crippen LogP contribution in [0.15, 0.2) is 47.5 Å². The van der Waals surface area contributed by atoms with Crippen LogP contribution < -0.4 is 4.80 Å². The summed E-state index contributed by atoms with van der Waals surface area (Å²) < 4.78 is 15.3. The Labute approximate surface area is 181 Å². The Bertz CT molecular complexity index is 1170. The van der Waals surface area contributed by atoms with Crippen molar-refractivity contribution in [3.63, 3.8) is 0 Å². The zero-order valence-corrected chi connectivity index (χ0v) is 18.0. The topological polar surface area (TPSA) is 77.5 Å². The van der Waals surface area contributed by atoms with E-state index in [1.54, 1.807) is 12.1 Å². The fourth-order valence-corrected chi connectivity index (χ4v) is 4.60. The Morgan fingerprint density at radius 1 is 1.23 bits per heavy atom. The smallest absolute Gasteiger partial charge is 0.281 e. The van der Waals surface area contributed by atoms with Gasteiger partial charge in [0.25, 0.3) is 11.6 Å². The highest BCUT2D eigenvalue weighted by molar-refractivity contribution is 7.09. The van der Waals surface area contributed by atoms with Crippen molar-refractivity contribution in [3.05, 3.63) is 78.7 Å². The lowest BCUT2D eigenvalue weighted by Gasteiger charge is -2.09. The van der Waals surface area contributed by atoms with Crippen LogP contribution in [0.3, 0.4) is 0 Å². The number of rotatable bonds is 6. The van der Waals surface area contributed by atoms with Crippen LogP contribution in [0, 0.1) is 15.9 Å². The molecule has 1 amide bonds. The van der Waals surface area contributed by atoms with Gasteiger partial charge in [-0.05, 0) is 49.2 Å². The molecular formula is C21H19ClFN3O3S. The summed E-state index contributed by atoms with van der Waals surface area (Å²) in [6.07, 6.45) is 1.67. The summed E-state index contributed by atoms with van der Waals surface area (Å²) in [5.74, 6) is -0.977. The standard InChI is InChI=1S/C21H19ClFN3O3S/c1-3-5-18-19(13-6-8-14(23)9-7-13)25(4-2)21(30-18)24-20(27)16-12-15(26(28)29)10-11-17(16)22/h6-12H,3-5H2,1-2H3. The number of non-ortho nitro benzene ring substituents is 1. The van der Waals surface area contributed by atoms with Crippen molar-refractivity contribution in [2.75, 3.05) is 0 Å². The molecule has 0 radical (unpaired) electrons. The Balaban J connectivity index is 2.16. The van der Waals surface area contributed by atoms with Crippen LogP contribution in [0.2, 0.25) is 5.02 Å². The molecule has 3 aromatic rings. The number of nitro benzene ring substituents is 1. The van der Waals surface area contributed by atoms with Crippen LogP contribution in [0.1, 0.15) is 35.5 Å². The summed E-state index contributed by atoms with van der Waals surface area (Å²) in [5, 5.41) is 11.1. The highest BCUT2D eigenvalue weighted by atomic mass is 35.5. The first-order valence-electron chi connectivity index (χ1n) is 9.37. The molecule has 0 saturated heterocycles. The molecule has 1 heterocycles. The molecule has 0 spiro atoms. The molecule has 2 aromatic carbocycles. The second kappa shape index (κ2) is 9.32. The zero-order chi connectivity index (χ0) is 21.8. The molecule has 0 fully saturated rings. The Hall–Kier alpha value is -2.84. The lowest BCUT2D eigenvalue weighted by atomic mass is 10.1. The molecule has 156 valence electrons. The number of nitro groups is 1. The summed E-state index contributed by atoms with van der Waals surface area (Å²) in [6, 6.07) is 9.88. The van der Waals surface area contributed by atoms with Gasteiger partial charge in [-0.1, -0.05) is 24.9 Å². The predicted molar refractivity (Wildman–Crippen MR) is 115 cm³/mol. The number of hydrogen-bond donors (Lipinski definition) is 0. The van der Waals surface area contributed by atoms with Crippen LogP contribution in [-0.4, -0.2) is 15.4 Å². The number of amides is 1. The summed E-state index contributed by atoms with van der Waals surface area (Å²) in [6.45, 7) is 4.52. The van der Waals surface area contributed by atoms with Gasteiger partial charge in [0.15, 0.2) is 4.80 Å². The number of aryl methyl sites for hydroxylation is 1. The maximum absolute atomic E-state index is 13.4. The molecule has 0 atom stereocenters. The van der Waals surface area contributed by atoms with Crippen molar-refractivity contribution in [1.82, 2.24) is 4.57 Å². The molecule has 9 heteroatoms. The number of benzene rings is 2. The minimum atomic E-state index is -0.652. The zero-order valence-electron chi connectivity index (χ0n) is 16.4. The molecule has 0 N–H and O–H groups in total. The molecular weight excluding hydrogens is 429 g/mol. The first-order valence-corrected chi connectivity index (χ1v) is 10.6. The van der Waals surface area contributed by atoms with Crippen molar-refractivity contribution in [2.24, 2.45) is 4.99 Å². The van der Waals surface area contributed by atoms with Crippen molar-refractivity contribution in [3.8, 4) is 11.3 Å². The van der Waals surface area contributed by atoms with Crippen LogP contribution in [-0.2, 0) is 13.0 Å². The minimum Gasteiger partial charge on any atom is -0.316 e. The third-order valence-electron chi connectivity index (χ3n) is 4.48. The van der Waals surface area contributed by atoms with Gasteiger partial charge in [0.1, 0.15) is 5.82 Å². The maximum Gasteiger partial charge on any atom is 0.281 e. The maximum atomic E-state index is 13.4. The van der Waals surface area contributed by atoms with Gasteiger partial charge in [0.2, 0.25) is 0 Å². The first kappa shape index (κ1) is 21.9. The van der Waals surface area contributed by atoms with E-state index in [0.717, 1.165) is 35.0 Å². The molecule has 3 rings (SSSR count). The number of hydrogen-bond acceptors (Lipinski definition) is 4. The Kier molecular flexibility index (Phi) is 6.79. The number of nitrogens with zero attached hydrogens (tertiary/aromatic N) is 3. The van der Waals surface area contributed by atoms with E-state index in [0.29, 0.717) is 11.3 Å². The molecule has 0 bridgehead atoms. The van der Waals surface area contributed by atoms with E-state index >= 15 is 0 Å². The second-order valence-corrected chi connectivity index (χ2v) is 7.97. The average molecular weight is 448 g/mol. The average Bonchev–Trinajstić information content (AvgIpc) is 3.05. The van der Waals surface area contributed by atoms with E-state index in [2.05, 4.69) is 11.9 Å². The molecule has 0 aliphatic carbocycles. The van der Waals surface area contributed by atoms with Crippen LogP contribution >= 0.6 is 22.9 Å². The summed E-state index contributed by atoms with van der Waals surface area (Å²) in [7, 11) is 0. The van der Waals surface area contributed by atoms with Gasteiger partial charge in [-0.3, -0.25) is 14.9 Å². The third kappa shape index (κ3) is 4.49. The van der Waals surface area contributed by atoms with E-state index in [1.807, 2.05) is 11.5 Å². The first-order chi connectivity index (χ1) is 14.3. The molecule has 30 heavy (non-hydrogen) atoms. The normalized spacial score (nSPS) is 11.7. The summed E-state index contributed by atoms with van der Waals surface area (Å²) >= 11 is 7.47. The fourth-order valence-electron chi connectivity index (χ4n) is 3.10. The predicted octanol–water partition coefficient (Wildman–Crippen LogP) is 5.63. The number of thiazole rings is 1. The van der Waals surface area contributed by atoms with Gasteiger partial charge in [-0.15, -0.1) is 11.3 Å². The molecule has 0 aliphatic heterocycles. The Morgan fingerprint density at radius 2 is 1.93 bits per heavy atom. The minimum absolute atomic E-state index is 0.0257. The third-order valence-corrected chi connectivity index (χ3v) is 5.95. The molecule has 0 unspecified atom stereocenters. The molecule has 0 aliphatic rings. The number of halogens is 2. The van der Waals surface area contributed by atoms with Crippen molar-refractivity contribution in [1.29, 1.82) is 0 Å². The second-order valence-electron chi connectivity index (χ2n) is 6.50. The van der Waals surface area contributed by atoms with E-state index in [4.69, 9.17) is 11.6 Å². The van der Waals surface area contributed by atoms with E-state index in [1.165, 1.54) is 35.6 Å². The summed E-state index contributed by atoms with van der Waals surface area (Å²) in [5.41, 5.74) is 1.47. The van der Waals surface area contributed by atoms with Gasteiger partial charge in [-0.25, -0.2) is 4.39 Å². The molecule has 0 saturated carbocycles. The Morgan fingerprint density at radius 3 is 2.53 bits per heavy atom.